The molecule has 0 aromatic carbocycles. The standard InChI is InChI=1S/C22H32/c1-4-7-9-13-17-21(6-3)22(16-8-5-2)19-18-20-14-11-10-12-15-20/h14H,4-12,15-16H2,1-3H3/b22-21-. The number of allylic oxidation sites excluding steroid dienone is 4. The van der Waals surface area contributed by atoms with Gasteiger partial charge in [-0.15, -0.1) is 0 Å². The molecule has 1 aliphatic carbocycles. The van der Waals surface area contributed by atoms with Crippen molar-refractivity contribution in [1.82, 2.24) is 0 Å². The fourth-order valence-electron chi connectivity index (χ4n) is 2.56. The molecule has 0 radical (unpaired) electrons. The first-order chi connectivity index (χ1) is 10.8. The lowest BCUT2D eigenvalue weighted by Gasteiger charge is -2.07. The van der Waals surface area contributed by atoms with Crippen LogP contribution in [0.4, 0.5) is 0 Å². The van der Waals surface area contributed by atoms with Crippen LogP contribution in [0.3, 0.4) is 0 Å². The molecule has 0 aromatic rings. The van der Waals surface area contributed by atoms with Gasteiger partial charge in [-0.25, -0.2) is 0 Å². The molecule has 1 rings (SSSR count). The highest BCUT2D eigenvalue weighted by Gasteiger charge is 2.03. The monoisotopic (exact) mass is 296 g/mol. The van der Waals surface area contributed by atoms with Gasteiger partial charge in [-0.1, -0.05) is 63.4 Å². The molecule has 120 valence electrons. The Balaban J connectivity index is 2.90. The second-order valence-corrected chi connectivity index (χ2v) is 6.04. The quantitative estimate of drug-likeness (QED) is 0.383. The van der Waals surface area contributed by atoms with Gasteiger partial charge in [-0.05, 0) is 56.9 Å². The Kier molecular flexibility index (Phi) is 10.3. The smallest absolute Gasteiger partial charge is 0.0139 e. The summed E-state index contributed by atoms with van der Waals surface area (Å²) in [6, 6.07) is 0. The predicted octanol–water partition coefficient (Wildman–Crippen LogP) is 6.58. The second-order valence-electron chi connectivity index (χ2n) is 6.04. The van der Waals surface area contributed by atoms with E-state index in [1.165, 1.54) is 61.7 Å². The highest BCUT2D eigenvalue weighted by molar-refractivity contribution is 5.46. The SMILES string of the molecule is CCCCC#C/C(CC)=C(\C#CC1=CCCCC1)CCCC. The lowest BCUT2D eigenvalue weighted by atomic mass is 9.97. The minimum atomic E-state index is 1.01. The third kappa shape index (κ3) is 7.56. The molecule has 1 aliphatic rings. The second kappa shape index (κ2) is 12.2. The minimum Gasteiger partial charge on any atom is -0.0982 e. The fraction of sp³-hybridized carbons (Fsp3) is 0.636. The molecular formula is C22H32. The molecular weight excluding hydrogens is 264 g/mol. The summed E-state index contributed by atoms with van der Waals surface area (Å²) >= 11 is 0. The molecule has 0 unspecified atom stereocenters. The van der Waals surface area contributed by atoms with Crippen LogP contribution < -0.4 is 0 Å². The molecule has 0 fully saturated rings. The third-order valence-electron chi connectivity index (χ3n) is 4.06. The van der Waals surface area contributed by atoms with Crippen LogP contribution in [0.1, 0.15) is 91.4 Å². The van der Waals surface area contributed by atoms with Crippen LogP contribution in [0, 0.1) is 23.7 Å². The summed E-state index contributed by atoms with van der Waals surface area (Å²) in [5.74, 6) is 13.7. The van der Waals surface area contributed by atoms with E-state index >= 15 is 0 Å². The van der Waals surface area contributed by atoms with E-state index in [-0.39, 0.29) is 0 Å². The summed E-state index contributed by atoms with van der Waals surface area (Å²) in [6.07, 6.45) is 15.3. The van der Waals surface area contributed by atoms with E-state index in [0.717, 1.165) is 25.7 Å². The van der Waals surface area contributed by atoms with E-state index in [2.05, 4.69) is 50.5 Å². The zero-order valence-electron chi connectivity index (χ0n) is 14.9. The highest BCUT2D eigenvalue weighted by atomic mass is 14.1. The molecule has 0 aromatic heterocycles. The molecule has 0 atom stereocenters. The number of hydrogen-bond donors (Lipinski definition) is 0. The van der Waals surface area contributed by atoms with E-state index in [9.17, 15) is 0 Å². The van der Waals surface area contributed by atoms with Gasteiger partial charge in [0.25, 0.3) is 0 Å². The van der Waals surface area contributed by atoms with Gasteiger partial charge >= 0.3 is 0 Å². The predicted molar refractivity (Wildman–Crippen MR) is 98.5 cm³/mol. The first kappa shape index (κ1) is 18.6. The zero-order chi connectivity index (χ0) is 16.0. The molecule has 0 saturated heterocycles. The normalized spacial score (nSPS) is 15.0. The van der Waals surface area contributed by atoms with Crippen molar-refractivity contribution in [3.05, 3.63) is 22.8 Å². The van der Waals surface area contributed by atoms with Crippen LogP contribution in [0.15, 0.2) is 22.8 Å². The van der Waals surface area contributed by atoms with Gasteiger partial charge in [0.2, 0.25) is 0 Å². The van der Waals surface area contributed by atoms with Crippen molar-refractivity contribution in [3.8, 4) is 23.7 Å². The molecule has 0 aliphatic heterocycles. The molecule has 0 amide bonds. The number of rotatable bonds is 6. The van der Waals surface area contributed by atoms with Gasteiger partial charge in [0, 0.05) is 17.6 Å². The van der Waals surface area contributed by atoms with Crippen molar-refractivity contribution < 1.29 is 0 Å². The summed E-state index contributed by atoms with van der Waals surface area (Å²) in [5, 5.41) is 0. The molecule has 0 nitrogen and oxygen atoms in total. The summed E-state index contributed by atoms with van der Waals surface area (Å²) in [4.78, 5) is 0. The van der Waals surface area contributed by atoms with Gasteiger partial charge in [-0.3, -0.25) is 0 Å². The molecule has 0 heterocycles. The average molecular weight is 296 g/mol. The van der Waals surface area contributed by atoms with Crippen LogP contribution in [0.25, 0.3) is 0 Å². The highest BCUT2D eigenvalue weighted by Crippen LogP contribution is 2.18. The van der Waals surface area contributed by atoms with Crippen LogP contribution in [-0.2, 0) is 0 Å². The van der Waals surface area contributed by atoms with E-state index in [4.69, 9.17) is 0 Å². The summed E-state index contributed by atoms with van der Waals surface area (Å²) in [7, 11) is 0. The zero-order valence-corrected chi connectivity index (χ0v) is 14.9. The Labute approximate surface area is 138 Å². The van der Waals surface area contributed by atoms with Gasteiger partial charge in [0.05, 0.1) is 0 Å². The lowest BCUT2D eigenvalue weighted by molar-refractivity contribution is 0.715. The van der Waals surface area contributed by atoms with E-state index in [0.29, 0.717) is 0 Å². The third-order valence-corrected chi connectivity index (χ3v) is 4.06. The van der Waals surface area contributed by atoms with Crippen molar-refractivity contribution in [2.75, 3.05) is 0 Å². The molecule has 0 heteroatoms. The van der Waals surface area contributed by atoms with Gasteiger partial charge < -0.3 is 0 Å². The number of hydrogen-bond acceptors (Lipinski definition) is 0. The Bertz CT molecular complexity index is 494. The summed E-state index contributed by atoms with van der Waals surface area (Å²) < 4.78 is 0. The van der Waals surface area contributed by atoms with Crippen molar-refractivity contribution in [2.45, 2.75) is 91.4 Å². The van der Waals surface area contributed by atoms with Crippen LogP contribution in [-0.4, -0.2) is 0 Å². The molecule has 0 saturated carbocycles. The van der Waals surface area contributed by atoms with Gasteiger partial charge in [0.1, 0.15) is 0 Å². The maximum Gasteiger partial charge on any atom is 0.0139 e. The Hall–Kier alpha value is -1.40. The number of unbranched alkanes of at least 4 members (excludes halogenated alkanes) is 3. The lowest BCUT2D eigenvalue weighted by Crippen LogP contribution is -1.91. The van der Waals surface area contributed by atoms with Gasteiger partial charge in [-0.2, -0.15) is 0 Å². The maximum absolute atomic E-state index is 3.48. The summed E-state index contributed by atoms with van der Waals surface area (Å²) in [5.41, 5.74) is 3.91. The van der Waals surface area contributed by atoms with Crippen molar-refractivity contribution in [2.24, 2.45) is 0 Å². The topological polar surface area (TPSA) is 0 Å². The van der Waals surface area contributed by atoms with Crippen LogP contribution in [0.2, 0.25) is 0 Å². The van der Waals surface area contributed by atoms with Crippen molar-refractivity contribution in [1.29, 1.82) is 0 Å². The Morgan fingerprint density at radius 3 is 2.45 bits per heavy atom. The van der Waals surface area contributed by atoms with Crippen molar-refractivity contribution >= 4 is 0 Å². The first-order valence-corrected chi connectivity index (χ1v) is 9.23. The van der Waals surface area contributed by atoms with Crippen LogP contribution in [0.5, 0.6) is 0 Å². The Morgan fingerprint density at radius 2 is 1.82 bits per heavy atom. The van der Waals surface area contributed by atoms with Crippen molar-refractivity contribution in [3.63, 3.8) is 0 Å². The molecule has 0 bridgehead atoms. The van der Waals surface area contributed by atoms with E-state index in [1.54, 1.807) is 0 Å². The minimum absolute atomic E-state index is 1.01. The van der Waals surface area contributed by atoms with E-state index in [1.807, 2.05) is 0 Å². The first-order valence-electron chi connectivity index (χ1n) is 9.23. The molecule has 0 spiro atoms. The molecule has 0 N–H and O–H groups in total. The summed E-state index contributed by atoms with van der Waals surface area (Å²) in [6.45, 7) is 6.67. The largest absolute Gasteiger partial charge is 0.0982 e. The van der Waals surface area contributed by atoms with Crippen LogP contribution >= 0.6 is 0 Å². The average Bonchev–Trinajstić information content (AvgIpc) is 2.57. The van der Waals surface area contributed by atoms with E-state index < -0.39 is 0 Å². The maximum atomic E-state index is 3.48. The van der Waals surface area contributed by atoms with Gasteiger partial charge in [0.15, 0.2) is 0 Å². The molecule has 22 heavy (non-hydrogen) atoms. The Morgan fingerprint density at radius 1 is 1.00 bits per heavy atom. The fourth-order valence-corrected chi connectivity index (χ4v) is 2.56.